The minimum Gasteiger partial charge on any atom is -0.322 e. The van der Waals surface area contributed by atoms with Gasteiger partial charge in [-0.15, -0.1) is 0 Å². The Kier molecular flexibility index (Phi) is 6.23. The number of amides is 1. The molecule has 1 amide bonds. The van der Waals surface area contributed by atoms with Gasteiger partial charge in [-0.25, -0.2) is 0 Å². The van der Waals surface area contributed by atoms with Gasteiger partial charge in [0.2, 0.25) is 5.91 Å². The Morgan fingerprint density at radius 1 is 1.14 bits per heavy atom. The number of anilines is 1. The van der Waals surface area contributed by atoms with Gasteiger partial charge in [0.1, 0.15) is 0 Å². The zero-order chi connectivity index (χ0) is 15.8. The van der Waals surface area contributed by atoms with Crippen LogP contribution in [0.15, 0.2) is 54.6 Å². The van der Waals surface area contributed by atoms with Crippen molar-refractivity contribution in [1.82, 2.24) is 0 Å². The van der Waals surface area contributed by atoms with Crippen molar-refractivity contribution in [3.63, 3.8) is 0 Å². The molecule has 0 atom stereocenters. The molecular weight excluding hydrogens is 294 g/mol. The summed E-state index contributed by atoms with van der Waals surface area (Å²) in [4.78, 5) is 12.1. The fourth-order valence-electron chi connectivity index (χ4n) is 2.18. The van der Waals surface area contributed by atoms with E-state index in [-0.39, 0.29) is 5.91 Å². The van der Waals surface area contributed by atoms with Crippen LogP contribution in [0.4, 0.5) is 5.69 Å². The van der Waals surface area contributed by atoms with E-state index >= 15 is 0 Å². The zero-order valence-corrected chi connectivity index (χ0v) is 13.4. The lowest BCUT2D eigenvalue weighted by Gasteiger charge is -2.09. The average molecular weight is 314 g/mol. The number of halogens is 1. The summed E-state index contributed by atoms with van der Waals surface area (Å²) in [6, 6.07) is 15.4. The first-order valence-electron chi connectivity index (χ1n) is 7.52. The van der Waals surface area contributed by atoms with Gasteiger partial charge in [-0.1, -0.05) is 61.3 Å². The molecule has 2 rings (SSSR count). The van der Waals surface area contributed by atoms with Crippen molar-refractivity contribution in [3.05, 3.63) is 70.8 Å². The summed E-state index contributed by atoms with van der Waals surface area (Å²) >= 11 is 6.07. The fourth-order valence-corrected chi connectivity index (χ4v) is 2.38. The quantitative estimate of drug-likeness (QED) is 0.717. The molecule has 0 fully saturated rings. The van der Waals surface area contributed by atoms with Crippen molar-refractivity contribution in [1.29, 1.82) is 0 Å². The van der Waals surface area contributed by atoms with E-state index in [0.717, 1.165) is 30.5 Å². The third kappa shape index (κ3) is 4.74. The molecule has 0 aromatic heterocycles. The Morgan fingerprint density at radius 2 is 1.86 bits per heavy atom. The van der Waals surface area contributed by atoms with Gasteiger partial charge in [0, 0.05) is 16.8 Å². The molecule has 0 spiro atoms. The van der Waals surface area contributed by atoms with Gasteiger partial charge in [-0.05, 0) is 42.2 Å². The normalized spacial score (nSPS) is 10.8. The number of nitrogens with one attached hydrogen (secondary N) is 1. The van der Waals surface area contributed by atoms with E-state index < -0.39 is 0 Å². The number of benzene rings is 2. The molecular formula is C19H20ClNO. The van der Waals surface area contributed by atoms with Crippen molar-refractivity contribution in [2.45, 2.75) is 26.2 Å². The second-order valence-electron chi connectivity index (χ2n) is 5.10. The van der Waals surface area contributed by atoms with Crippen LogP contribution >= 0.6 is 11.6 Å². The smallest absolute Gasteiger partial charge is 0.248 e. The number of carbonyl (C=O) groups excluding carboxylic acids is 1. The molecule has 1 N–H and O–H groups in total. The van der Waals surface area contributed by atoms with Crippen LogP contribution in [0.5, 0.6) is 0 Å². The molecule has 3 heteroatoms. The van der Waals surface area contributed by atoms with Gasteiger partial charge in [0.25, 0.3) is 0 Å². The number of aryl methyl sites for hydroxylation is 1. The molecule has 0 saturated carbocycles. The lowest BCUT2D eigenvalue weighted by molar-refractivity contribution is -0.111. The van der Waals surface area contributed by atoms with Gasteiger partial charge in [-0.3, -0.25) is 4.79 Å². The molecule has 0 aliphatic rings. The lowest BCUT2D eigenvalue weighted by atomic mass is 10.1. The predicted molar refractivity (Wildman–Crippen MR) is 94.2 cm³/mol. The largest absolute Gasteiger partial charge is 0.322 e. The minimum atomic E-state index is -0.149. The predicted octanol–water partition coefficient (Wildman–Crippen LogP) is 5.33. The van der Waals surface area contributed by atoms with Gasteiger partial charge in [-0.2, -0.15) is 0 Å². The molecule has 0 heterocycles. The summed E-state index contributed by atoms with van der Waals surface area (Å²) in [5.41, 5.74) is 2.88. The highest BCUT2D eigenvalue weighted by atomic mass is 35.5. The number of hydrogen-bond acceptors (Lipinski definition) is 1. The summed E-state index contributed by atoms with van der Waals surface area (Å²) in [6.07, 6.45) is 6.46. The number of hydrogen-bond donors (Lipinski definition) is 1. The molecule has 2 aromatic carbocycles. The van der Waals surface area contributed by atoms with Crippen LogP contribution in [0.25, 0.3) is 6.08 Å². The van der Waals surface area contributed by atoms with Gasteiger partial charge in [0.05, 0.1) is 0 Å². The minimum absolute atomic E-state index is 0.149. The first-order valence-corrected chi connectivity index (χ1v) is 7.90. The van der Waals surface area contributed by atoms with Gasteiger partial charge >= 0.3 is 0 Å². The lowest BCUT2D eigenvalue weighted by Crippen LogP contribution is -2.09. The van der Waals surface area contributed by atoms with Gasteiger partial charge in [0.15, 0.2) is 0 Å². The van der Waals surface area contributed by atoms with Crippen molar-refractivity contribution >= 4 is 29.3 Å². The van der Waals surface area contributed by atoms with E-state index in [4.69, 9.17) is 11.6 Å². The Labute approximate surface area is 136 Å². The first kappa shape index (κ1) is 16.3. The molecule has 0 radical (unpaired) electrons. The van der Waals surface area contributed by atoms with Crippen LogP contribution in [0, 0.1) is 0 Å². The average Bonchev–Trinajstić information content (AvgIpc) is 2.53. The summed E-state index contributed by atoms with van der Waals surface area (Å²) in [5, 5.41) is 3.57. The molecule has 2 nitrogen and oxygen atoms in total. The standard InChI is InChI=1S/C19H20ClNO/c1-2-3-8-16-10-5-7-12-18(16)21-19(22)14-13-15-9-4-6-11-17(15)20/h4-7,9-14H,2-3,8H2,1H3,(H,21,22)/b14-13+. The molecule has 0 aliphatic carbocycles. The highest BCUT2D eigenvalue weighted by Gasteiger charge is 2.04. The van der Waals surface area contributed by atoms with Crippen LogP contribution in [0.2, 0.25) is 5.02 Å². The number of carbonyl (C=O) groups is 1. The second-order valence-corrected chi connectivity index (χ2v) is 5.51. The first-order chi connectivity index (χ1) is 10.7. The van der Waals surface area contributed by atoms with Crippen LogP contribution in [0.1, 0.15) is 30.9 Å². The topological polar surface area (TPSA) is 29.1 Å². The molecule has 0 aliphatic heterocycles. The Bertz CT molecular complexity index is 664. The highest BCUT2D eigenvalue weighted by molar-refractivity contribution is 6.32. The van der Waals surface area contributed by atoms with Crippen molar-refractivity contribution in [2.75, 3.05) is 5.32 Å². The number of unbranched alkanes of at least 4 members (excludes halogenated alkanes) is 1. The van der Waals surface area contributed by atoms with E-state index in [1.54, 1.807) is 12.1 Å². The third-order valence-corrected chi connectivity index (χ3v) is 3.74. The molecule has 2 aromatic rings. The van der Waals surface area contributed by atoms with Crippen molar-refractivity contribution in [3.8, 4) is 0 Å². The number of rotatable bonds is 6. The molecule has 0 bridgehead atoms. The van der Waals surface area contributed by atoms with E-state index in [0.29, 0.717) is 5.02 Å². The van der Waals surface area contributed by atoms with E-state index in [9.17, 15) is 4.79 Å². The Hall–Kier alpha value is -2.06. The maximum Gasteiger partial charge on any atom is 0.248 e. The maximum absolute atomic E-state index is 12.1. The zero-order valence-electron chi connectivity index (χ0n) is 12.7. The van der Waals surface area contributed by atoms with Crippen molar-refractivity contribution < 1.29 is 4.79 Å². The monoisotopic (exact) mass is 313 g/mol. The van der Waals surface area contributed by atoms with Crippen LogP contribution in [0.3, 0.4) is 0 Å². The Morgan fingerprint density at radius 3 is 2.64 bits per heavy atom. The fraction of sp³-hybridized carbons (Fsp3) is 0.211. The van der Waals surface area contributed by atoms with Crippen LogP contribution in [-0.4, -0.2) is 5.91 Å². The highest BCUT2D eigenvalue weighted by Crippen LogP contribution is 2.19. The SMILES string of the molecule is CCCCc1ccccc1NC(=O)/C=C/c1ccccc1Cl. The number of para-hydroxylation sites is 1. The molecule has 0 saturated heterocycles. The third-order valence-electron chi connectivity index (χ3n) is 3.39. The van der Waals surface area contributed by atoms with Gasteiger partial charge < -0.3 is 5.32 Å². The Balaban J connectivity index is 2.05. The summed E-state index contributed by atoms with van der Waals surface area (Å²) in [7, 11) is 0. The molecule has 0 unspecified atom stereocenters. The summed E-state index contributed by atoms with van der Waals surface area (Å²) in [5.74, 6) is -0.149. The van der Waals surface area contributed by atoms with Crippen LogP contribution in [-0.2, 0) is 11.2 Å². The molecule has 22 heavy (non-hydrogen) atoms. The van der Waals surface area contributed by atoms with E-state index in [1.807, 2.05) is 36.4 Å². The van der Waals surface area contributed by atoms with E-state index in [2.05, 4.69) is 18.3 Å². The second kappa shape index (κ2) is 8.40. The summed E-state index contributed by atoms with van der Waals surface area (Å²) in [6.45, 7) is 2.16. The maximum atomic E-state index is 12.1. The van der Waals surface area contributed by atoms with Crippen molar-refractivity contribution in [2.24, 2.45) is 0 Å². The van der Waals surface area contributed by atoms with E-state index in [1.165, 1.54) is 11.6 Å². The van der Waals surface area contributed by atoms with Crippen LogP contribution < -0.4 is 5.32 Å². The summed E-state index contributed by atoms with van der Waals surface area (Å²) < 4.78 is 0. The molecule has 114 valence electrons.